The van der Waals surface area contributed by atoms with Crippen LogP contribution in [0.1, 0.15) is 149 Å². The molecule has 21 atom stereocenters. The van der Waals surface area contributed by atoms with Gasteiger partial charge < -0.3 is 84.8 Å². The van der Waals surface area contributed by atoms with Gasteiger partial charge in [0, 0.05) is 89.1 Å². The number of rotatable bonds is 21. The van der Waals surface area contributed by atoms with Crippen LogP contribution in [-0.2, 0) is 77.9 Å². The first-order valence-electron chi connectivity index (χ1n) is 32.9. The third-order valence-electron chi connectivity index (χ3n) is 19.9. The molecule has 8 N–H and O–H groups in total. The van der Waals surface area contributed by atoms with Gasteiger partial charge in [0.15, 0.2) is 5.79 Å². The molecule has 0 unspecified atom stereocenters. The van der Waals surface area contributed by atoms with Crippen molar-refractivity contribution >= 4 is 47.1 Å². The van der Waals surface area contributed by atoms with Crippen LogP contribution in [0.25, 0.3) is 0 Å². The zero-order valence-corrected chi connectivity index (χ0v) is 53.0. The number of aliphatic hydroxyl groups is 1. The molecule has 1 spiro atoms. The number of benzene rings is 1. The van der Waals surface area contributed by atoms with E-state index in [0.717, 1.165) is 43.3 Å². The van der Waals surface area contributed by atoms with E-state index in [1.165, 1.54) is 0 Å². The van der Waals surface area contributed by atoms with Crippen LogP contribution in [0, 0.1) is 23.7 Å². The highest BCUT2D eigenvalue weighted by Crippen LogP contribution is 2.54. The summed E-state index contributed by atoms with van der Waals surface area (Å²) in [4.78, 5) is 91.2. The number of carbonyl (C=O) groups is 7. The number of ketones is 2. The number of nitrogens with two attached hydrogens (primary N) is 1. The maximum atomic E-state index is 14.5. The van der Waals surface area contributed by atoms with Crippen molar-refractivity contribution in [3.8, 4) is 0 Å². The molecule has 0 radical (unpaired) electrons. The lowest BCUT2D eigenvalue weighted by molar-refractivity contribution is -0.292. The quantitative estimate of drug-likeness (QED) is 0.0596. The van der Waals surface area contributed by atoms with Gasteiger partial charge in [-0.2, -0.15) is 0 Å². The van der Waals surface area contributed by atoms with E-state index < -0.39 is 90.3 Å². The van der Waals surface area contributed by atoms with Gasteiger partial charge in [-0.05, 0) is 98.5 Å². The summed E-state index contributed by atoms with van der Waals surface area (Å²) in [6.07, 6.45) is 0.977. The second-order valence-corrected chi connectivity index (χ2v) is 27.2. The fourth-order valence-corrected chi connectivity index (χ4v) is 14.9. The van der Waals surface area contributed by atoms with Crippen LogP contribution in [0.4, 0.5) is 15.3 Å². The van der Waals surface area contributed by atoms with Crippen LogP contribution in [0.3, 0.4) is 0 Å². The zero-order chi connectivity index (χ0) is 64.1. The molecule has 498 valence electrons. The van der Waals surface area contributed by atoms with Crippen LogP contribution in [0.2, 0.25) is 0 Å². The molecule has 11 rings (SSSR count). The van der Waals surface area contributed by atoms with E-state index in [9.17, 15) is 38.7 Å². The Morgan fingerprint density at radius 3 is 2.22 bits per heavy atom. The second-order valence-electron chi connectivity index (χ2n) is 27.2. The Kier molecular flexibility index (Phi) is 22.3. The number of methoxy groups -OCH3 is 1. The largest absolute Gasteiger partial charge is 0.445 e. The molecule has 0 saturated carbocycles. The average molecular weight is 1260 g/mol. The van der Waals surface area contributed by atoms with Gasteiger partial charge in [0.1, 0.15) is 60.8 Å². The number of carbonyl (C=O) groups excluding carboxylic acids is 7. The first-order chi connectivity index (χ1) is 43.0. The molecule has 24 heteroatoms. The van der Waals surface area contributed by atoms with E-state index in [0.29, 0.717) is 43.4 Å². The van der Waals surface area contributed by atoms with E-state index in [2.05, 4.69) is 46.7 Å². The van der Waals surface area contributed by atoms with Crippen LogP contribution in [-0.4, -0.2) is 182 Å². The average Bonchev–Trinajstić information content (AvgIpc) is 1.55. The highest BCUT2D eigenvalue weighted by Gasteiger charge is 2.69. The summed E-state index contributed by atoms with van der Waals surface area (Å²) in [5, 5.41) is 24.9. The molecule has 24 nitrogen and oxygen atoms in total. The molecule has 0 aromatic heterocycles. The molecule has 6 amide bonds. The van der Waals surface area contributed by atoms with Crippen LogP contribution in [0.5, 0.6) is 0 Å². The topological polar surface area (TPSA) is 318 Å². The number of fused-ring (bicyclic) bond motifs is 6. The summed E-state index contributed by atoms with van der Waals surface area (Å²) >= 11 is 0. The molecule has 10 aliphatic heterocycles. The Balaban J connectivity index is 0.743. The van der Waals surface area contributed by atoms with Crippen LogP contribution in [0.15, 0.2) is 48.6 Å². The monoisotopic (exact) mass is 1260 g/mol. The lowest BCUT2D eigenvalue weighted by atomic mass is 9.81. The first-order valence-corrected chi connectivity index (χ1v) is 32.9. The minimum Gasteiger partial charge on any atom is -0.445 e. The third kappa shape index (κ3) is 16.3. The Bertz CT molecular complexity index is 2770. The number of Topliss-reactive ketones (excluding diaryl/α,β-unsaturated/α-hetero) is 2. The Morgan fingerprint density at radius 2 is 1.48 bits per heavy atom. The van der Waals surface area contributed by atoms with Crippen molar-refractivity contribution in [1.29, 1.82) is 0 Å². The Labute approximate surface area is 527 Å². The predicted molar refractivity (Wildman–Crippen MR) is 325 cm³/mol. The molecule has 1 aromatic rings. The summed E-state index contributed by atoms with van der Waals surface area (Å²) in [5.74, 6) is -3.40. The fraction of sp³-hybridized carbons (Fsp3) is 0.742. The van der Waals surface area contributed by atoms with Crippen molar-refractivity contribution in [2.75, 3.05) is 25.5 Å². The number of alkyl carbamates (subject to hydrolysis) is 1. The van der Waals surface area contributed by atoms with E-state index in [-0.39, 0.29) is 155 Å². The first kappa shape index (κ1) is 67.5. The van der Waals surface area contributed by atoms with Crippen molar-refractivity contribution in [2.45, 2.75) is 266 Å². The van der Waals surface area contributed by atoms with Gasteiger partial charge in [-0.3, -0.25) is 24.0 Å². The van der Waals surface area contributed by atoms with Crippen molar-refractivity contribution in [3.63, 3.8) is 0 Å². The van der Waals surface area contributed by atoms with Crippen LogP contribution >= 0.6 is 0 Å². The number of primary amides is 1. The van der Waals surface area contributed by atoms with Gasteiger partial charge in [-0.25, -0.2) is 9.59 Å². The lowest BCUT2D eigenvalue weighted by Crippen LogP contribution is -2.61. The molecule has 10 heterocycles. The van der Waals surface area contributed by atoms with E-state index in [1.807, 2.05) is 0 Å². The molecular weight excluding hydrogens is 1160 g/mol. The normalized spacial score (nSPS) is 35.6. The van der Waals surface area contributed by atoms with Gasteiger partial charge in [0.25, 0.3) is 0 Å². The van der Waals surface area contributed by atoms with Gasteiger partial charge in [-0.1, -0.05) is 59.9 Å². The SMILES string of the molecule is C=C1C[C@@H]2CC[C@@]34C[C@H]5O[C@@H]6[C@@H](O3)[C@H]3O[C@H](CC[C@@H]3O[C@H]6[C@H]5O4)CC(=O)C[C@@H]3[C@@H](OC)[C@@H](C[C@H](O)CNC(=O)OCc4ccc(NC(=O)[C@H](CCCNC(N)=O)NC(=O)[C@@H](NC(=O)CCC(=O)C(C)C)C(C)C)cc4)O[C@H]3C[C@H]3O[C@@H](CC[C@@H]1O2)C[C@@H](C)C3=C. The van der Waals surface area contributed by atoms with Crippen molar-refractivity contribution < 1.29 is 86.0 Å². The number of aliphatic hydroxyl groups excluding tert-OH is 1. The minimum atomic E-state index is -1.09. The highest BCUT2D eigenvalue weighted by molar-refractivity contribution is 5.98. The molecule has 0 aliphatic carbocycles. The molecule has 1 aromatic carbocycles. The van der Waals surface area contributed by atoms with E-state index in [4.69, 9.17) is 53.1 Å². The van der Waals surface area contributed by atoms with E-state index >= 15 is 0 Å². The molecule has 90 heavy (non-hydrogen) atoms. The van der Waals surface area contributed by atoms with Gasteiger partial charge in [0.05, 0.1) is 67.1 Å². The van der Waals surface area contributed by atoms with Crippen molar-refractivity contribution in [3.05, 3.63) is 54.1 Å². The summed E-state index contributed by atoms with van der Waals surface area (Å²) in [7, 11) is 1.58. The Morgan fingerprint density at radius 1 is 0.756 bits per heavy atom. The molecule has 10 fully saturated rings. The van der Waals surface area contributed by atoms with Gasteiger partial charge in [-0.15, -0.1) is 0 Å². The molecule has 12 bridgehead atoms. The lowest BCUT2D eigenvalue weighted by Gasteiger charge is -2.47. The smallest absolute Gasteiger partial charge is 0.407 e. The molecule has 10 saturated heterocycles. The maximum absolute atomic E-state index is 14.5. The minimum absolute atomic E-state index is 0.00114. The summed E-state index contributed by atoms with van der Waals surface area (Å²) in [6, 6.07) is 3.69. The number of anilines is 1. The maximum Gasteiger partial charge on any atom is 0.407 e. The summed E-state index contributed by atoms with van der Waals surface area (Å²) in [5.41, 5.74) is 8.23. The molecule has 10 aliphatic rings. The predicted octanol–water partition coefficient (Wildman–Crippen LogP) is 5.42. The standard InChI is InChI=1S/C66H96N6O18/c1-33(2)47(75)17-20-54(76)72-55(34(3)4)63(78)71-46(10-9-23-68-64(67)79)62(77)70-39-13-11-38(12-14-39)32-82-65(80)69-31-41(74)28-52-56(81-8)45-27-40(73)26-43-16-19-49-57(85-43)61-60-59(87-49)58-53(88-60)30-66(89-58,90-61)22-21-44-25-36(6)48(83-44)18-15-42-24-35(5)37(7)50(84-42)29-51(45)86-52/h11-14,33-35,41-46,48-53,55-61,74H,6-7,9-10,15-32H2,1-5,8H3,(H,69,80)(H,70,77)(H,71,78)(H,72,76)(H3,67,68,79)/t35-,41+,42+,43-,44+,45+,46+,48+,49+,50-,51+,52-,53-,55+,56-,57+,58+,59+,60+,61+,66+/m1/s1. The highest BCUT2D eigenvalue weighted by atomic mass is 16.8. The number of hydrogen-bond acceptors (Lipinski definition) is 18. The number of hydrogen-bond donors (Lipinski definition) is 7. The number of ether oxygens (including phenoxy) is 10. The van der Waals surface area contributed by atoms with Crippen molar-refractivity contribution in [1.82, 2.24) is 21.3 Å². The zero-order valence-electron chi connectivity index (χ0n) is 53.0. The number of amides is 6. The van der Waals surface area contributed by atoms with Gasteiger partial charge in [0.2, 0.25) is 17.7 Å². The van der Waals surface area contributed by atoms with Crippen molar-refractivity contribution in [2.24, 2.45) is 29.4 Å². The number of nitrogens with one attached hydrogen (secondary N) is 5. The summed E-state index contributed by atoms with van der Waals surface area (Å²) in [6.45, 7) is 17.9. The summed E-state index contributed by atoms with van der Waals surface area (Å²) < 4.78 is 66.3. The fourth-order valence-electron chi connectivity index (χ4n) is 14.9. The molecular formula is C66H96N6O18. The van der Waals surface area contributed by atoms with Crippen LogP contribution < -0.4 is 32.3 Å². The van der Waals surface area contributed by atoms with Gasteiger partial charge >= 0.3 is 12.1 Å². The Hall–Kier alpha value is -5.41. The second kappa shape index (κ2) is 29.7. The number of urea groups is 1. The third-order valence-corrected chi connectivity index (χ3v) is 19.9. The van der Waals surface area contributed by atoms with E-state index in [1.54, 1.807) is 59.1 Å².